The van der Waals surface area contributed by atoms with Crippen molar-refractivity contribution in [3.05, 3.63) is 10.3 Å². The molecule has 98 valence electrons. The SMILES string of the molecule is CCOC(=O)c1scc(OC(F)(F)F)c1N=C=O. The molecule has 0 N–H and O–H groups in total. The van der Waals surface area contributed by atoms with Crippen LogP contribution in [-0.2, 0) is 9.53 Å². The number of rotatable bonds is 4. The Bertz CT molecular complexity index is 490. The van der Waals surface area contributed by atoms with Gasteiger partial charge in [-0.05, 0) is 6.92 Å². The first-order chi connectivity index (χ1) is 8.39. The van der Waals surface area contributed by atoms with Crippen molar-refractivity contribution in [3.63, 3.8) is 0 Å². The van der Waals surface area contributed by atoms with E-state index in [2.05, 4.69) is 14.5 Å². The number of hydrogen-bond acceptors (Lipinski definition) is 6. The van der Waals surface area contributed by atoms with Gasteiger partial charge in [-0.2, -0.15) is 4.99 Å². The van der Waals surface area contributed by atoms with E-state index >= 15 is 0 Å². The summed E-state index contributed by atoms with van der Waals surface area (Å²) < 4.78 is 44.4. The number of halogens is 3. The molecule has 0 spiro atoms. The number of ether oxygens (including phenoxy) is 2. The van der Waals surface area contributed by atoms with Crippen LogP contribution in [0.3, 0.4) is 0 Å². The van der Waals surface area contributed by atoms with Crippen LogP contribution in [0.4, 0.5) is 18.9 Å². The fraction of sp³-hybridized carbons (Fsp3) is 0.333. The third kappa shape index (κ3) is 3.57. The molecule has 0 aliphatic rings. The lowest BCUT2D eigenvalue weighted by Crippen LogP contribution is -2.16. The summed E-state index contributed by atoms with van der Waals surface area (Å²) >= 11 is 0.633. The summed E-state index contributed by atoms with van der Waals surface area (Å²) in [5.41, 5.74) is -0.536. The number of hydrogen-bond donors (Lipinski definition) is 0. The van der Waals surface area contributed by atoms with Crippen LogP contribution in [0.2, 0.25) is 0 Å². The van der Waals surface area contributed by atoms with Crippen LogP contribution in [0.15, 0.2) is 10.4 Å². The summed E-state index contributed by atoms with van der Waals surface area (Å²) in [7, 11) is 0. The second-order valence-corrected chi connectivity index (χ2v) is 3.63. The van der Waals surface area contributed by atoms with Crippen LogP contribution in [0.5, 0.6) is 5.75 Å². The highest BCUT2D eigenvalue weighted by Gasteiger charge is 2.34. The molecule has 18 heavy (non-hydrogen) atoms. The van der Waals surface area contributed by atoms with E-state index in [-0.39, 0.29) is 11.5 Å². The Labute approximate surface area is 103 Å². The average Bonchev–Trinajstić information content (AvgIpc) is 2.60. The zero-order chi connectivity index (χ0) is 13.8. The first-order valence-electron chi connectivity index (χ1n) is 4.51. The van der Waals surface area contributed by atoms with Crippen molar-refractivity contribution in [2.24, 2.45) is 4.99 Å². The lowest BCUT2D eigenvalue weighted by molar-refractivity contribution is -0.274. The zero-order valence-corrected chi connectivity index (χ0v) is 9.72. The van der Waals surface area contributed by atoms with Crippen molar-refractivity contribution < 1.29 is 32.2 Å². The molecule has 0 saturated carbocycles. The molecule has 9 heteroatoms. The Morgan fingerprint density at radius 1 is 1.56 bits per heavy atom. The highest BCUT2D eigenvalue weighted by molar-refractivity contribution is 7.13. The van der Waals surface area contributed by atoms with E-state index in [1.165, 1.54) is 6.92 Å². The Morgan fingerprint density at radius 2 is 2.22 bits per heavy atom. The van der Waals surface area contributed by atoms with Gasteiger partial charge in [0, 0.05) is 5.38 Å². The van der Waals surface area contributed by atoms with E-state index in [9.17, 15) is 22.8 Å². The molecule has 0 amide bonds. The monoisotopic (exact) mass is 281 g/mol. The number of nitrogens with zero attached hydrogens (tertiary/aromatic N) is 1. The molecule has 1 aromatic heterocycles. The minimum atomic E-state index is -4.94. The molecule has 0 saturated heterocycles. The van der Waals surface area contributed by atoms with Gasteiger partial charge in [0.2, 0.25) is 6.08 Å². The third-order valence-electron chi connectivity index (χ3n) is 1.58. The number of carbonyl (C=O) groups excluding carboxylic acids is 2. The Balaban J connectivity index is 3.14. The standard InChI is InChI=1S/C9H6F3NO4S/c1-2-16-8(15)7-6(13-4-14)5(3-18-7)17-9(10,11)12/h3H,2H2,1H3. The minimum absolute atomic E-state index is 0.0381. The van der Waals surface area contributed by atoms with E-state index in [1.54, 1.807) is 0 Å². The molecule has 1 rings (SSSR count). The van der Waals surface area contributed by atoms with Gasteiger partial charge in [-0.15, -0.1) is 24.5 Å². The van der Waals surface area contributed by atoms with Gasteiger partial charge >= 0.3 is 12.3 Å². The summed E-state index contributed by atoms with van der Waals surface area (Å²) in [4.78, 5) is 24.3. The molecule has 0 bridgehead atoms. The quantitative estimate of drug-likeness (QED) is 0.483. The maximum Gasteiger partial charge on any atom is 0.573 e. The van der Waals surface area contributed by atoms with Gasteiger partial charge in [0.05, 0.1) is 6.61 Å². The first kappa shape index (κ1) is 14.2. The van der Waals surface area contributed by atoms with Crippen molar-refractivity contribution in [2.45, 2.75) is 13.3 Å². The van der Waals surface area contributed by atoms with E-state index < -0.39 is 23.8 Å². The van der Waals surface area contributed by atoms with Gasteiger partial charge in [-0.25, -0.2) is 9.59 Å². The summed E-state index contributed by atoms with van der Waals surface area (Å²) in [5.74, 6) is -1.62. The van der Waals surface area contributed by atoms with E-state index in [1.807, 2.05) is 0 Å². The molecule has 0 atom stereocenters. The zero-order valence-electron chi connectivity index (χ0n) is 8.91. The summed E-state index contributed by atoms with van der Waals surface area (Å²) in [6, 6.07) is 0. The summed E-state index contributed by atoms with van der Waals surface area (Å²) in [6.07, 6.45) is -3.88. The van der Waals surface area contributed by atoms with Crippen LogP contribution >= 0.6 is 11.3 Å². The molecule has 0 aliphatic heterocycles. The van der Waals surface area contributed by atoms with Crippen molar-refractivity contribution in [3.8, 4) is 5.75 Å². The number of esters is 1. The number of alkyl halides is 3. The van der Waals surface area contributed by atoms with Crippen LogP contribution < -0.4 is 4.74 Å². The van der Waals surface area contributed by atoms with E-state index in [0.717, 1.165) is 11.5 Å². The van der Waals surface area contributed by atoms with Gasteiger partial charge < -0.3 is 9.47 Å². The second kappa shape index (κ2) is 5.65. The van der Waals surface area contributed by atoms with Crippen molar-refractivity contribution in [1.82, 2.24) is 0 Å². The Kier molecular flexibility index (Phi) is 4.46. The van der Waals surface area contributed by atoms with Crippen LogP contribution in [-0.4, -0.2) is 25.0 Å². The number of aliphatic imine (C=N–C) groups is 1. The van der Waals surface area contributed by atoms with Crippen LogP contribution in [0.1, 0.15) is 16.6 Å². The molecule has 0 aromatic carbocycles. The molecule has 1 aromatic rings. The number of isocyanates is 1. The maximum absolute atomic E-state index is 12.0. The predicted molar refractivity (Wildman–Crippen MR) is 54.7 cm³/mol. The fourth-order valence-electron chi connectivity index (χ4n) is 1.03. The van der Waals surface area contributed by atoms with Crippen molar-refractivity contribution in [1.29, 1.82) is 0 Å². The van der Waals surface area contributed by atoms with Gasteiger partial charge in [-0.1, -0.05) is 0 Å². The molecular weight excluding hydrogens is 275 g/mol. The molecule has 0 fully saturated rings. The number of thiophene rings is 1. The summed E-state index contributed by atoms with van der Waals surface area (Å²) in [5, 5.41) is 0.913. The molecule has 1 heterocycles. The molecule has 0 radical (unpaired) electrons. The lowest BCUT2D eigenvalue weighted by atomic mass is 10.4. The van der Waals surface area contributed by atoms with Gasteiger partial charge in [0.1, 0.15) is 10.6 Å². The normalized spacial score (nSPS) is 10.7. The van der Waals surface area contributed by atoms with Gasteiger partial charge in [-0.3, -0.25) is 0 Å². The smallest absolute Gasteiger partial charge is 0.462 e. The Hall–Kier alpha value is -1.86. The second-order valence-electron chi connectivity index (χ2n) is 2.75. The van der Waals surface area contributed by atoms with Crippen molar-refractivity contribution >= 4 is 29.1 Å². The largest absolute Gasteiger partial charge is 0.573 e. The van der Waals surface area contributed by atoms with Crippen LogP contribution in [0, 0.1) is 0 Å². The van der Waals surface area contributed by atoms with Gasteiger partial charge in [0.15, 0.2) is 5.75 Å². The third-order valence-corrected chi connectivity index (χ3v) is 2.50. The Morgan fingerprint density at radius 3 is 2.72 bits per heavy atom. The fourth-order valence-corrected chi connectivity index (χ4v) is 1.82. The maximum atomic E-state index is 12.0. The first-order valence-corrected chi connectivity index (χ1v) is 5.39. The van der Waals surface area contributed by atoms with Gasteiger partial charge in [0.25, 0.3) is 0 Å². The van der Waals surface area contributed by atoms with E-state index in [4.69, 9.17) is 0 Å². The highest BCUT2D eigenvalue weighted by atomic mass is 32.1. The predicted octanol–water partition coefficient (Wildman–Crippen LogP) is 2.79. The molecule has 0 unspecified atom stereocenters. The topological polar surface area (TPSA) is 65.0 Å². The molecule has 5 nitrogen and oxygen atoms in total. The molecular formula is C9H6F3NO4S. The van der Waals surface area contributed by atoms with Crippen LogP contribution in [0.25, 0.3) is 0 Å². The highest BCUT2D eigenvalue weighted by Crippen LogP contribution is 2.40. The molecule has 0 aliphatic carbocycles. The lowest BCUT2D eigenvalue weighted by Gasteiger charge is -2.07. The minimum Gasteiger partial charge on any atom is -0.462 e. The number of carbonyl (C=O) groups is 1. The average molecular weight is 281 g/mol. The summed E-state index contributed by atoms with van der Waals surface area (Å²) in [6.45, 7) is 1.57. The van der Waals surface area contributed by atoms with Crippen molar-refractivity contribution in [2.75, 3.05) is 6.61 Å². The van der Waals surface area contributed by atoms with E-state index in [0.29, 0.717) is 11.3 Å².